The van der Waals surface area contributed by atoms with Crippen LogP contribution >= 0.6 is 0 Å². The fourth-order valence-electron chi connectivity index (χ4n) is 1.86. The van der Waals surface area contributed by atoms with Crippen LogP contribution < -0.4 is 16.8 Å². The number of nitrogens with one attached hydrogen (secondary N) is 1. The molecule has 0 saturated heterocycles. The molecule has 0 aliphatic carbocycles. The molecule has 110 valence electrons. The van der Waals surface area contributed by atoms with Crippen molar-refractivity contribution in [3.63, 3.8) is 0 Å². The molecule has 0 spiro atoms. The summed E-state index contributed by atoms with van der Waals surface area (Å²) in [5, 5.41) is 2.70. The summed E-state index contributed by atoms with van der Waals surface area (Å²) in [6, 6.07) is 15.0. The minimum absolute atomic E-state index is 0.265. The standard InChI is InChI=1S/C16H19N3O2/c17-14-7-6-12(10-15(14)18)8-9-19-16(20)21-11-13-4-2-1-3-5-13/h1-7,10H,8-9,11,17-18H2,(H,19,20). The predicted molar refractivity (Wildman–Crippen MR) is 83.6 cm³/mol. The van der Waals surface area contributed by atoms with Gasteiger partial charge in [0.1, 0.15) is 6.61 Å². The number of benzene rings is 2. The van der Waals surface area contributed by atoms with Gasteiger partial charge in [-0.2, -0.15) is 0 Å². The molecule has 5 N–H and O–H groups in total. The third-order valence-electron chi connectivity index (χ3n) is 3.05. The van der Waals surface area contributed by atoms with Gasteiger partial charge in [-0.3, -0.25) is 0 Å². The topological polar surface area (TPSA) is 90.4 Å². The Labute approximate surface area is 123 Å². The first kappa shape index (κ1) is 14.7. The summed E-state index contributed by atoms with van der Waals surface area (Å²) >= 11 is 0. The number of hydrogen-bond donors (Lipinski definition) is 3. The highest BCUT2D eigenvalue weighted by Crippen LogP contribution is 2.15. The molecule has 2 aromatic carbocycles. The van der Waals surface area contributed by atoms with E-state index in [4.69, 9.17) is 16.2 Å². The molecule has 0 aromatic heterocycles. The van der Waals surface area contributed by atoms with Crippen LogP contribution in [0.2, 0.25) is 0 Å². The molecule has 2 aromatic rings. The molecule has 0 aliphatic rings. The van der Waals surface area contributed by atoms with Crippen LogP contribution in [0.25, 0.3) is 0 Å². The van der Waals surface area contributed by atoms with Crippen LogP contribution in [0.3, 0.4) is 0 Å². The molecule has 0 fully saturated rings. The van der Waals surface area contributed by atoms with E-state index < -0.39 is 6.09 Å². The third kappa shape index (κ3) is 4.72. The van der Waals surface area contributed by atoms with Crippen molar-refractivity contribution in [2.75, 3.05) is 18.0 Å². The number of carbonyl (C=O) groups excluding carboxylic acids is 1. The maximum Gasteiger partial charge on any atom is 0.407 e. The number of hydrogen-bond acceptors (Lipinski definition) is 4. The van der Waals surface area contributed by atoms with Crippen molar-refractivity contribution in [3.05, 3.63) is 59.7 Å². The maximum absolute atomic E-state index is 11.5. The summed E-state index contributed by atoms with van der Waals surface area (Å²) in [6.07, 6.45) is 0.243. The largest absolute Gasteiger partial charge is 0.445 e. The van der Waals surface area contributed by atoms with E-state index in [9.17, 15) is 4.79 Å². The van der Waals surface area contributed by atoms with Gasteiger partial charge in [-0.1, -0.05) is 36.4 Å². The molecule has 0 bridgehead atoms. The van der Waals surface area contributed by atoms with Crippen molar-refractivity contribution in [1.29, 1.82) is 0 Å². The van der Waals surface area contributed by atoms with Crippen LogP contribution in [-0.2, 0) is 17.8 Å². The number of ether oxygens (including phenoxy) is 1. The number of alkyl carbamates (subject to hydrolysis) is 1. The van der Waals surface area contributed by atoms with Gasteiger partial charge in [0.2, 0.25) is 0 Å². The fourth-order valence-corrected chi connectivity index (χ4v) is 1.86. The van der Waals surface area contributed by atoms with E-state index in [1.165, 1.54) is 0 Å². The Balaban J connectivity index is 1.70. The van der Waals surface area contributed by atoms with E-state index in [0.717, 1.165) is 11.1 Å². The third-order valence-corrected chi connectivity index (χ3v) is 3.05. The molecule has 2 rings (SSSR count). The van der Waals surface area contributed by atoms with Gasteiger partial charge in [0.25, 0.3) is 0 Å². The van der Waals surface area contributed by atoms with E-state index >= 15 is 0 Å². The van der Waals surface area contributed by atoms with E-state index in [1.54, 1.807) is 6.07 Å². The molecule has 21 heavy (non-hydrogen) atoms. The second-order valence-electron chi connectivity index (χ2n) is 4.70. The molecule has 0 aliphatic heterocycles. The molecular formula is C16H19N3O2. The fraction of sp³-hybridized carbons (Fsp3) is 0.188. The lowest BCUT2D eigenvalue weighted by Gasteiger charge is -2.08. The lowest BCUT2D eigenvalue weighted by atomic mass is 10.1. The maximum atomic E-state index is 11.5. The average Bonchev–Trinajstić information content (AvgIpc) is 2.50. The van der Waals surface area contributed by atoms with Crippen molar-refractivity contribution in [1.82, 2.24) is 5.32 Å². The highest BCUT2D eigenvalue weighted by molar-refractivity contribution is 5.67. The van der Waals surface area contributed by atoms with E-state index in [2.05, 4.69) is 5.32 Å². The first-order valence-electron chi connectivity index (χ1n) is 6.73. The van der Waals surface area contributed by atoms with Crippen LogP contribution in [0.1, 0.15) is 11.1 Å². The van der Waals surface area contributed by atoms with Gasteiger partial charge in [0.05, 0.1) is 11.4 Å². The monoisotopic (exact) mass is 285 g/mol. The number of nitrogens with two attached hydrogens (primary N) is 2. The second-order valence-corrected chi connectivity index (χ2v) is 4.70. The Morgan fingerprint density at radius 2 is 1.76 bits per heavy atom. The van der Waals surface area contributed by atoms with Gasteiger partial charge < -0.3 is 21.5 Å². The number of amides is 1. The van der Waals surface area contributed by atoms with Gasteiger partial charge >= 0.3 is 6.09 Å². The summed E-state index contributed by atoms with van der Waals surface area (Å²) in [5.74, 6) is 0. The van der Waals surface area contributed by atoms with Gasteiger partial charge in [-0.05, 0) is 29.7 Å². The van der Waals surface area contributed by atoms with Crippen molar-refractivity contribution >= 4 is 17.5 Å². The summed E-state index contributed by atoms with van der Waals surface area (Å²) in [5.41, 5.74) is 14.5. The van der Waals surface area contributed by atoms with Crippen molar-refractivity contribution < 1.29 is 9.53 Å². The minimum atomic E-state index is -0.428. The molecule has 5 heteroatoms. The highest BCUT2D eigenvalue weighted by atomic mass is 16.5. The molecule has 5 nitrogen and oxygen atoms in total. The Morgan fingerprint density at radius 1 is 1.00 bits per heavy atom. The first-order chi connectivity index (χ1) is 10.1. The predicted octanol–water partition coefficient (Wildman–Crippen LogP) is 2.32. The summed E-state index contributed by atoms with van der Waals surface area (Å²) in [7, 11) is 0. The normalized spacial score (nSPS) is 10.1. The van der Waals surface area contributed by atoms with Crippen LogP contribution in [0, 0.1) is 0 Å². The van der Waals surface area contributed by atoms with Gasteiger partial charge in [-0.25, -0.2) is 4.79 Å². The molecule has 0 unspecified atom stereocenters. The van der Waals surface area contributed by atoms with Crippen LogP contribution in [0.4, 0.5) is 16.2 Å². The Kier molecular flexibility index (Phi) is 5.04. The van der Waals surface area contributed by atoms with E-state index in [-0.39, 0.29) is 6.61 Å². The summed E-state index contributed by atoms with van der Waals surface area (Å²) in [4.78, 5) is 11.5. The first-order valence-corrected chi connectivity index (χ1v) is 6.73. The van der Waals surface area contributed by atoms with Gasteiger partial charge in [0.15, 0.2) is 0 Å². The molecule has 0 radical (unpaired) electrons. The minimum Gasteiger partial charge on any atom is -0.445 e. The number of nitrogen functional groups attached to an aromatic ring is 2. The molecule has 0 atom stereocenters. The summed E-state index contributed by atoms with van der Waals surface area (Å²) in [6.45, 7) is 0.748. The SMILES string of the molecule is Nc1ccc(CCNC(=O)OCc2ccccc2)cc1N. The smallest absolute Gasteiger partial charge is 0.407 e. The Bertz CT molecular complexity index is 600. The highest BCUT2D eigenvalue weighted by Gasteiger charge is 2.03. The quantitative estimate of drug-likeness (QED) is 0.735. The second kappa shape index (κ2) is 7.19. The van der Waals surface area contributed by atoms with Crippen LogP contribution in [0.5, 0.6) is 0 Å². The van der Waals surface area contributed by atoms with Crippen LogP contribution in [0.15, 0.2) is 48.5 Å². The molecule has 0 saturated carbocycles. The lowest BCUT2D eigenvalue weighted by Crippen LogP contribution is -2.26. The number of rotatable bonds is 5. The van der Waals surface area contributed by atoms with Crippen molar-refractivity contribution in [3.8, 4) is 0 Å². The number of anilines is 2. The van der Waals surface area contributed by atoms with Crippen molar-refractivity contribution in [2.45, 2.75) is 13.0 Å². The Morgan fingerprint density at radius 3 is 2.48 bits per heavy atom. The van der Waals surface area contributed by atoms with Crippen LogP contribution in [-0.4, -0.2) is 12.6 Å². The Hall–Kier alpha value is -2.69. The average molecular weight is 285 g/mol. The van der Waals surface area contributed by atoms with Crippen molar-refractivity contribution in [2.24, 2.45) is 0 Å². The summed E-state index contributed by atoms with van der Waals surface area (Å²) < 4.78 is 5.11. The molecule has 0 heterocycles. The lowest BCUT2D eigenvalue weighted by molar-refractivity contribution is 0.140. The van der Waals surface area contributed by atoms with E-state index in [1.807, 2.05) is 42.5 Å². The molecule has 1 amide bonds. The van der Waals surface area contributed by atoms with Gasteiger partial charge in [0, 0.05) is 6.54 Å². The number of carbonyl (C=O) groups is 1. The van der Waals surface area contributed by atoms with E-state index in [0.29, 0.717) is 24.3 Å². The zero-order chi connectivity index (χ0) is 15.1. The van der Waals surface area contributed by atoms with Gasteiger partial charge in [-0.15, -0.1) is 0 Å². The zero-order valence-electron chi connectivity index (χ0n) is 11.7. The molecular weight excluding hydrogens is 266 g/mol. The zero-order valence-corrected chi connectivity index (χ0v) is 11.7.